The molecular weight excluding hydrogens is 370 g/mol. The Kier molecular flexibility index (Phi) is 5.57. The number of amides is 1. The third-order valence-corrected chi connectivity index (χ3v) is 6.20. The fraction of sp³-hybridized carbons (Fsp3) is 0.304. The number of carboxylic acids is 1. The summed E-state index contributed by atoms with van der Waals surface area (Å²) < 4.78 is 1.03. The summed E-state index contributed by atoms with van der Waals surface area (Å²) in [7, 11) is 0. The summed E-state index contributed by atoms with van der Waals surface area (Å²) in [6, 6.07) is 15.7. The van der Waals surface area contributed by atoms with Crippen molar-refractivity contribution in [2.45, 2.75) is 45.4 Å². The summed E-state index contributed by atoms with van der Waals surface area (Å²) in [6.07, 6.45) is 0.415. The number of nitrogens with one attached hydrogen (secondary N) is 1. The van der Waals surface area contributed by atoms with Crippen LogP contribution in [0.4, 0.5) is 5.69 Å². The number of carbonyl (C=O) groups excluding carboxylic acids is 1. The maximum Gasteiger partial charge on any atom is 0.314 e. The van der Waals surface area contributed by atoms with E-state index in [2.05, 4.69) is 19.2 Å². The second-order valence-electron chi connectivity index (χ2n) is 7.74. The van der Waals surface area contributed by atoms with E-state index in [1.165, 1.54) is 12.5 Å². The molecular formula is C23H25NO3S. The quantitative estimate of drug-likeness (QED) is 0.573. The maximum absolute atomic E-state index is 12.2. The molecule has 0 aliphatic heterocycles. The average Bonchev–Trinajstić information content (AvgIpc) is 3.02. The van der Waals surface area contributed by atoms with Crippen molar-refractivity contribution in [3.8, 4) is 0 Å². The van der Waals surface area contributed by atoms with Crippen molar-refractivity contribution in [2.24, 2.45) is 0 Å². The fourth-order valence-corrected chi connectivity index (χ4v) is 4.60. The van der Waals surface area contributed by atoms with E-state index in [1.54, 1.807) is 18.3 Å². The molecule has 0 bridgehead atoms. The van der Waals surface area contributed by atoms with Gasteiger partial charge in [0, 0.05) is 28.6 Å². The number of fused-ring (bicyclic) bond motifs is 1. The lowest BCUT2D eigenvalue weighted by atomic mass is 9.78. The Bertz CT molecular complexity index is 1020. The van der Waals surface area contributed by atoms with Crippen molar-refractivity contribution in [3.63, 3.8) is 0 Å². The smallest absolute Gasteiger partial charge is 0.314 e. The van der Waals surface area contributed by atoms with Crippen molar-refractivity contribution in [2.75, 3.05) is 5.32 Å². The van der Waals surface area contributed by atoms with Crippen LogP contribution in [0.25, 0.3) is 10.1 Å². The number of anilines is 1. The highest BCUT2D eigenvalue weighted by Gasteiger charge is 2.36. The van der Waals surface area contributed by atoms with Crippen LogP contribution in [0, 0.1) is 0 Å². The van der Waals surface area contributed by atoms with Crippen molar-refractivity contribution in [1.29, 1.82) is 0 Å². The van der Waals surface area contributed by atoms with E-state index in [0.717, 1.165) is 26.2 Å². The van der Waals surface area contributed by atoms with Gasteiger partial charge in [-0.1, -0.05) is 44.2 Å². The summed E-state index contributed by atoms with van der Waals surface area (Å²) in [6.45, 7) is 7.51. The molecule has 0 fully saturated rings. The number of thiophene rings is 1. The first kappa shape index (κ1) is 20.1. The monoisotopic (exact) mass is 395 g/mol. The number of carboxylic acid groups (broad SMARTS) is 1. The van der Waals surface area contributed by atoms with E-state index in [9.17, 15) is 14.7 Å². The van der Waals surface area contributed by atoms with Gasteiger partial charge in [-0.05, 0) is 47.6 Å². The normalized spacial score (nSPS) is 13.5. The average molecular weight is 396 g/mol. The van der Waals surface area contributed by atoms with Gasteiger partial charge in [-0.25, -0.2) is 0 Å². The third-order valence-electron chi connectivity index (χ3n) is 5.11. The molecule has 0 saturated heterocycles. The molecule has 1 atom stereocenters. The third kappa shape index (κ3) is 4.09. The van der Waals surface area contributed by atoms with Crippen LogP contribution in [0.2, 0.25) is 0 Å². The molecule has 1 aromatic heterocycles. The van der Waals surface area contributed by atoms with Crippen LogP contribution in [0.15, 0.2) is 48.5 Å². The highest BCUT2D eigenvalue weighted by molar-refractivity contribution is 7.19. The van der Waals surface area contributed by atoms with E-state index >= 15 is 0 Å². The molecule has 146 valence electrons. The van der Waals surface area contributed by atoms with E-state index in [-0.39, 0.29) is 5.91 Å². The summed E-state index contributed by atoms with van der Waals surface area (Å²) in [5.41, 5.74) is 1.75. The molecule has 0 aliphatic carbocycles. The van der Waals surface area contributed by atoms with Crippen molar-refractivity contribution in [3.05, 3.63) is 64.5 Å². The van der Waals surface area contributed by atoms with Gasteiger partial charge in [-0.15, -0.1) is 11.3 Å². The Morgan fingerprint density at radius 3 is 2.36 bits per heavy atom. The summed E-state index contributed by atoms with van der Waals surface area (Å²) in [5, 5.41) is 13.8. The molecule has 2 aromatic carbocycles. The van der Waals surface area contributed by atoms with Gasteiger partial charge in [-0.3, -0.25) is 9.59 Å². The Labute approximate surface area is 169 Å². The summed E-state index contributed by atoms with van der Waals surface area (Å²) >= 11 is 1.57. The largest absolute Gasteiger partial charge is 0.481 e. The van der Waals surface area contributed by atoms with Crippen LogP contribution in [0.3, 0.4) is 0 Å². The molecule has 0 saturated carbocycles. The Morgan fingerprint density at radius 2 is 1.79 bits per heavy atom. The van der Waals surface area contributed by atoms with Crippen molar-refractivity contribution < 1.29 is 14.7 Å². The number of carbonyl (C=O) groups is 2. The van der Waals surface area contributed by atoms with Crippen LogP contribution in [0.1, 0.15) is 49.6 Å². The Balaban J connectivity index is 1.93. The maximum atomic E-state index is 12.2. The second-order valence-corrected chi connectivity index (χ2v) is 8.91. The van der Waals surface area contributed by atoms with Gasteiger partial charge in [0.1, 0.15) is 0 Å². The van der Waals surface area contributed by atoms with E-state index in [0.29, 0.717) is 12.3 Å². The number of rotatable bonds is 6. The fourth-order valence-electron chi connectivity index (χ4n) is 3.34. The zero-order valence-corrected chi connectivity index (χ0v) is 17.4. The molecule has 0 spiro atoms. The van der Waals surface area contributed by atoms with Gasteiger partial charge in [0.05, 0.1) is 5.41 Å². The molecule has 1 heterocycles. The Morgan fingerprint density at radius 1 is 1.11 bits per heavy atom. The lowest BCUT2D eigenvalue weighted by molar-refractivity contribution is -0.143. The van der Waals surface area contributed by atoms with E-state index in [4.69, 9.17) is 0 Å². The zero-order chi connectivity index (χ0) is 20.5. The topological polar surface area (TPSA) is 66.4 Å². The molecule has 0 aliphatic rings. The molecule has 3 aromatic rings. The van der Waals surface area contributed by atoms with Crippen LogP contribution in [0.5, 0.6) is 0 Å². The van der Waals surface area contributed by atoms with Gasteiger partial charge in [0.15, 0.2) is 0 Å². The lowest BCUT2D eigenvalue weighted by Gasteiger charge is -2.25. The minimum absolute atomic E-state index is 0.112. The molecule has 1 amide bonds. The molecule has 3 rings (SSSR count). The molecule has 28 heavy (non-hydrogen) atoms. The zero-order valence-electron chi connectivity index (χ0n) is 16.6. The highest BCUT2D eigenvalue weighted by atomic mass is 32.1. The molecule has 0 radical (unpaired) electrons. The summed E-state index contributed by atoms with van der Waals surface area (Å²) in [5.74, 6) is -0.536. The first-order chi connectivity index (χ1) is 13.2. The van der Waals surface area contributed by atoms with Gasteiger partial charge < -0.3 is 10.4 Å². The highest BCUT2D eigenvalue weighted by Crippen LogP contribution is 2.35. The standard InChI is InChI=1S/C23H25NO3S/c1-14(2)16-5-8-18(9-6-16)23(4,22(26)27)13-20-11-17-7-10-19(24-15(3)25)12-21(17)28-20/h5-12,14H,13H2,1-4H3,(H,24,25)(H,26,27). The minimum Gasteiger partial charge on any atom is -0.481 e. The number of aliphatic carboxylic acids is 1. The van der Waals surface area contributed by atoms with Crippen molar-refractivity contribution >= 4 is 39.0 Å². The number of hydrogen-bond donors (Lipinski definition) is 2. The van der Waals surface area contributed by atoms with Gasteiger partial charge in [0.25, 0.3) is 0 Å². The van der Waals surface area contributed by atoms with Crippen LogP contribution < -0.4 is 5.32 Å². The van der Waals surface area contributed by atoms with Crippen molar-refractivity contribution in [1.82, 2.24) is 0 Å². The van der Waals surface area contributed by atoms with Gasteiger partial charge >= 0.3 is 5.97 Å². The van der Waals surface area contributed by atoms with Crippen LogP contribution in [-0.4, -0.2) is 17.0 Å². The van der Waals surface area contributed by atoms with E-state index < -0.39 is 11.4 Å². The molecule has 2 N–H and O–H groups in total. The second kappa shape index (κ2) is 7.76. The van der Waals surface area contributed by atoms with E-state index in [1.807, 2.05) is 48.5 Å². The summed E-state index contributed by atoms with van der Waals surface area (Å²) in [4.78, 5) is 24.5. The van der Waals surface area contributed by atoms with Crippen LogP contribution in [-0.2, 0) is 21.4 Å². The first-order valence-corrected chi connectivity index (χ1v) is 10.1. The van der Waals surface area contributed by atoms with Crippen LogP contribution >= 0.6 is 11.3 Å². The predicted octanol–water partition coefficient (Wildman–Crippen LogP) is 5.57. The molecule has 1 unspecified atom stereocenters. The first-order valence-electron chi connectivity index (χ1n) is 9.33. The van der Waals surface area contributed by atoms with Gasteiger partial charge in [-0.2, -0.15) is 0 Å². The number of benzene rings is 2. The Hall–Kier alpha value is -2.66. The predicted molar refractivity (Wildman–Crippen MR) is 115 cm³/mol. The van der Waals surface area contributed by atoms with Gasteiger partial charge in [0.2, 0.25) is 5.91 Å². The lowest BCUT2D eigenvalue weighted by Crippen LogP contribution is -2.34. The molecule has 5 heteroatoms. The number of hydrogen-bond acceptors (Lipinski definition) is 3. The molecule has 4 nitrogen and oxygen atoms in total. The SMILES string of the molecule is CC(=O)Nc1ccc2cc(CC(C)(C(=O)O)c3ccc(C(C)C)cc3)sc2c1. The minimum atomic E-state index is -1.00.